The number of hydrogen-bond acceptors (Lipinski definition) is 4. The number of nitrogens with zero attached hydrogens (tertiary/aromatic N) is 2. The number of rotatable bonds is 6. The fourth-order valence-electron chi connectivity index (χ4n) is 5.07. The molecular weight excluding hydrogens is 362 g/mol. The molecule has 0 spiro atoms. The molecule has 1 aromatic carbocycles. The lowest BCUT2D eigenvalue weighted by atomic mass is 9.89. The molecule has 1 aliphatic carbocycles. The first-order valence-electron chi connectivity index (χ1n) is 11.6. The Hall–Kier alpha value is -1.43. The number of likely N-dealkylation sites (tertiary alicyclic amines) is 1. The van der Waals surface area contributed by atoms with Crippen LogP contribution >= 0.6 is 0 Å². The van der Waals surface area contributed by atoms with E-state index in [4.69, 9.17) is 4.74 Å². The third kappa shape index (κ3) is 5.80. The standard InChI is InChI=1S/C24H37N3O2/c1-19(22-7-6-21-4-2-3-5-23(21)16-22)25-24(28)18-26-10-8-20(9-11-26)17-27-12-14-29-15-13-27/h6-7,16,19-20H,2-5,8-15,17-18H2,1H3,(H,25,28). The van der Waals surface area contributed by atoms with E-state index in [1.165, 1.54) is 61.8 Å². The maximum Gasteiger partial charge on any atom is 0.234 e. The van der Waals surface area contributed by atoms with Crippen LogP contribution < -0.4 is 5.32 Å². The molecule has 4 rings (SSSR count). The highest BCUT2D eigenvalue weighted by Crippen LogP contribution is 2.25. The number of carbonyl (C=O) groups is 1. The van der Waals surface area contributed by atoms with E-state index >= 15 is 0 Å². The third-order valence-corrected chi connectivity index (χ3v) is 6.94. The summed E-state index contributed by atoms with van der Waals surface area (Å²) in [6.07, 6.45) is 7.39. The Balaban J connectivity index is 1.20. The second-order valence-corrected chi connectivity index (χ2v) is 9.16. The van der Waals surface area contributed by atoms with Crippen LogP contribution in [0.1, 0.15) is 55.3 Å². The number of nitrogens with one attached hydrogen (secondary N) is 1. The second-order valence-electron chi connectivity index (χ2n) is 9.16. The predicted octanol–water partition coefficient (Wildman–Crippen LogP) is 2.79. The van der Waals surface area contributed by atoms with E-state index in [9.17, 15) is 4.79 Å². The number of piperidine rings is 1. The van der Waals surface area contributed by atoms with Crippen molar-refractivity contribution in [3.63, 3.8) is 0 Å². The van der Waals surface area contributed by atoms with Gasteiger partial charge in [0.25, 0.3) is 0 Å². The van der Waals surface area contributed by atoms with Crippen molar-refractivity contribution in [1.82, 2.24) is 15.1 Å². The van der Waals surface area contributed by atoms with Crippen molar-refractivity contribution in [3.05, 3.63) is 34.9 Å². The molecule has 1 amide bonds. The van der Waals surface area contributed by atoms with Gasteiger partial charge in [-0.3, -0.25) is 14.6 Å². The smallest absolute Gasteiger partial charge is 0.234 e. The average Bonchev–Trinajstić information content (AvgIpc) is 2.75. The van der Waals surface area contributed by atoms with E-state index in [0.29, 0.717) is 6.54 Å². The predicted molar refractivity (Wildman–Crippen MR) is 116 cm³/mol. The number of aryl methyl sites for hydroxylation is 2. The third-order valence-electron chi connectivity index (χ3n) is 6.94. The van der Waals surface area contributed by atoms with Crippen LogP contribution in [0.15, 0.2) is 18.2 Å². The number of hydrogen-bond donors (Lipinski definition) is 1. The Bertz CT molecular complexity index is 679. The van der Waals surface area contributed by atoms with Gasteiger partial charge in [-0.25, -0.2) is 0 Å². The molecule has 1 atom stereocenters. The molecule has 2 fully saturated rings. The number of ether oxygens (including phenoxy) is 1. The molecule has 0 aromatic heterocycles. The van der Waals surface area contributed by atoms with E-state index < -0.39 is 0 Å². The highest BCUT2D eigenvalue weighted by atomic mass is 16.5. The minimum Gasteiger partial charge on any atom is -0.379 e. The van der Waals surface area contributed by atoms with Gasteiger partial charge in [-0.15, -0.1) is 0 Å². The Labute approximate surface area is 175 Å². The lowest BCUT2D eigenvalue weighted by molar-refractivity contribution is -0.123. The molecule has 1 unspecified atom stereocenters. The van der Waals surface area contributed by atoms with Crippen molar-refractivity contribution in [3.8, 4) is 0 Å². The van der Waals surface area contributed by atoms with Crippen LogP contribution in [0.25, 0.3) is 0 Å². The molecule has 1 N–H and O–H groups in total. The molecule has 2 heterocycles. The van der Waals surface area contributed by atoms with Crippen molar-refractivity contribution in [1.29, 1.82) is 0 Å². The molecule has 3 aliphatic rings. The summed E-state index contributed by atoms with van der Waals surface area (Å²) in [5.74, 6) is 0.920. The molecule has 0 bridgehead atoms. The maximum atomic E-state index is 12.6. The minimum absolute atomic E-state index is 0.0774. The number of morpholine rings is 1. The molecule has 1 aromatic rings. The molecule has 2 saturated heterocycles. The zero-order valence-electron chi connectivity index (χ0n) is 18.0. The maximum absolute atomic E-state index is 12.6. The Morgan fingerprint density at radius 1 is 1.07 bits per heavy atom. The number of amides is 1. The van der Waals surface area contributed by atoms with Gasteiger partial charge in [0, 0.05) is 19.6 Å². The van der Waals surface area contributed by atoms with Gasteiger partial charge >= 0.3 is 0 Å². The summed E-state index contributed by atoms with van der Waals surface area (Å²) in [5.41, 5.74) is 4.22. The quantitative estimate of drug-likeness (QED) is 0.799. The lowest BCUT2D eigenvalue weighted by Gasteiger charge is -2.35. The summed E-state index contributed by atoms with van der Waals surface area (Å²) in [6.45, 7) is 9.80. The zero-order chi connectivity index (χ0) is 20.1. The summed E-state index contributed by atoms with van der Waals surface area (Å²) in [7, 11) is 0. The number of benzene rings is 1. The van der Waals surface area contributed by atoms with Gasteiger partial charge in [0.2, 0.25) is 5.91 Å². The van der Waals surface area contributed by atoms with E-state index in [2.05, 4.69) is 40.2 Å². The van der Waals surface area contributed by atoms with Crippen LogP contribution in [-0.4, -0.2) is 68.2 Å². The van der Waals surface area contributed by atoms with Crippen molar-refractivity contribution < 1.29 is 9.53 Å². The van der Waals surface area contributed by atoms with Gasteiger partial charge in [0.1, 0.15) is 0 Å². The summed E-state index contributed by atoms with van der Waals surface area (Å²) in [5, 5.41) is 3.22. The molecule has 29 heavy (non-hydrogen) atoms. The molecule has 160 valence electrons. The number of carbonyl (C=O) groups excluding carboxylic acids is 1. The highest BCUT2D eigenvalue weighted by Gasteiger charge is 2.24. The van der Waals surface area contributed by atoms with Crippen molar-refractivity contribution in [2.24, 2.45) is 5.92 Å². The van der Waals surface area contributed by atoms with Crippen LogP contribution in [0.3, 0.4) is 0 Å². The average molecular weight is 400 g/mol. The van der Waals surface area contributed by atoms with E-state index in [1.54, 1.807) is 0 Å². The van der Waals surface area contributed by atoms with Crippen LogP contribution in [0.4, 0.5) is 0 Å². The van der Waals surface area contributed by atoms with Crippen LogP contribution in [-0.2, 0) is 22.4 Å². The minimum atomic E-state index is 0.0774. The topological polar surface area (TPSA) is 44.8 Å². The van der Waals surface area contributed by atoms with Crippen LogP contribution in [0.2, 0.25) is 0 Å². The highest BCUT2D eigenvalue weighted by molar-refractivity contribution is 5.78. The molecule has 5 nitrogen and oxygen atoms in total. The summed E-state index contributed by atoms with van der Waals surface area (Å²) in [4.78, 5) is 17.5. The molecule has 5 heteroatoms. The summed E-state index contributed by atoms with van der Waals surface area (Å²) < 4.78 is 5.45. The fraction of sp³-hybridized carbons (Fsp3) is 0.708. The molecule has 0 saturated carbocycles. The lowest BCUT2D eigenvalue weighted by Crippen LogP contribution is -2.45. The van der Waals surface area contributed by atoms with Crippen molar-refractivity contribution in [2.45, 2.75) is 51.5 Å². The van der Waals surface area contributed by atoms with Gasteiger partial charge in [-0.1, -0.05) is 18.2 Å². The second kappa shape index (κ2) is 10.1. The first-order valence-corrected chi connectivity index (χ1v) is 11.6. The van der Waals surface area contributed by atoms with Gasteiger partial charge in [0.05, 0.1) is 25.8 Å². The summed E-state index contributed by atoms with van der Waals surface area (Å²) in [6, 6.07) is 6.86. The monoisotopic (exact) mass is 399 g/mol. The molecule has 0 radical (unpaired) electrons. The SMILES string of the molecule is CC(NC(=O)CN1CCC(CN2CCOCC2)CC1)c1ccc2c(c1)CCCC2. The van der Waals surface area contributed by atoms with Crippen molar-refractivity contribution in [2.75, 3.05) is 52.5 Å². The first kappa shape index (κ1) is 20.8. The normalized spacial score (nSPS) is 22.8. The fourth-order valence-corrected chi connectivity index (χ4v) is 5.07. The van der Waals surface area contributed by atoms with E-state index in [-0.39, 0.29) is 11.9 Å². The Morgan fingerprint density at radius 3 is 2.55 bits per heavy atom. The van der Waals surface area contributed by atoms with Gasteiger partial charge < -0.3 is 10.1 Å². The van der Waals surface area contributed by atoms with Gasteiger partial charge in [-0.05, 0) is 81.1 Å². The number of fused-ring (bicyclic) bond motifs is 1. The molecular formula is C24H37N3O2. The summed E-state index contributed by atoms with van der Waals surface area (Å²) >= 11 is 0. The largest absolute Gasteiger partial charge is 0.379 e. The Kier molecular flexibility index (Phi) is 7.22. The molecule has 2 aliphatic heterocycles. The van der Waals surface area contributed by atoms with Gasteiger partial charge in [0.15, 0.2) is 0 Å². The van der Waals surface area contributed by atoms with Crippen LogP contribution in [0.5, 0.6) is 0 Å². The van der Waals surface area contributed by atoms with Crippen molar-refractivity contribution >= 4 is 5.91 Å². The van der Waals surface area contributed by atoms with Crippen LogP contribution in [0, 0.1) is 5.92 Å². The van der Waals surface area contributed by atoms with Gasteiger partial charge in [-0.2, -0.15) is 0 Å². The van der Waals surface area contributed by atoms with E-state index in [0.717, 1.165) is 45.3 Å². The van der Waals surface area contributed by atoms with E-state index in [1.807, 2.05) is 0 Å². The first-order chi connectivity index (χ1) is 14.2. The zero-order valence-corrected chi connectivity index (χ0v) is 18.0. The Morgan fingerprint density at radius 2 is 1.79 bits per heavy atom.